The minimum atomic E-state index is 0.0684. The summed E-state index contributed by atoms with van der Waals surface area (Å²) in [5, 5.41) is 2.39. The minimum absolute atomic E-state index is 0.0684. The van der Waals surface area contributed by atoms with Crippen molar-refractivity contribution in [1.82, 2.24) is 10.4 Å². The number of thioether (sulfide) groups is 1. The zero-order valence-corrected chi connectivity index (χ0v) is 13.8. The van der Waals surface area contributed by atoms with Crippen molar-refractivity contribution in [2.24, 2.45) is 4.99 Å². The number of amides is 1. The van der Waals surface area contributed by atoms with Crippen molar-refractivity contribution in [3.63, 3.8) is 0 Å². The first-order valence-corrected chi connectivity index (χ1v) is 8.60. The van der Waals surface area contributed by atoms with E-state index in [4.69, 9.17) is 11.6 Å². The summed E-state index contributed by atoms with van der Waals surface area (Å²) in [4.78, 5) is 18.2. The van der Waals surface area contributed by atoms with E-state index >= 15 is 0 Å². The fourth-order valence-corrected chi connectivity index (χ4v) is 3.93. The molecule has 0 aromatic heterocycles. The van der Waals surface area contributed by atoms with Crippen LogP contribution in [-0.2, 0) is 11.3 Å². The van der Waals surface area contributed by atoms with Crippen LogP contribution in [0.25, 0.3) is 0 Å². The highest BCUT2D eigenvalue weighted by atomic mass is 35.5. The number of hydrogen-bond acceptors (Lipinski definition) is 4. The first-order valence-electron chi connectivity index (χ1n) is 7.35. The molecule has 2 aliphatic heterocycles. The van der Waals surface area contributed by atoms with Crippen LogP contribution in [0, 0.1) is 0 Å². The lowest BCUT2D eigenvalue weighted by Crippen LogP contribution is -2.55. The zero-order valence-electron chi connectivity index (χ0n) is 12.2. The van der Waals surface area contributed by atoms with Gasteiger partial charge in [-0.3, -0.25) is 15.2 Å². The van der Waals surface area contributed by atoms with Gasteiger partial charge in [0.05, 0.1) is 17.5 Å². The maximum atomic E-state index is 12.4. The largest absolute Gasteiger partial charge is 0.282 e. The van der Waals surface area contributed by atoms with Gasteiger partial charge in [0, 0.05) is 16.3 Å². The van der Waals surface area contributed by atoms with Crippen LogP contribution in [0.5, 0.6) is 0 Å². The summed E-state index contributed by atoms with van der Waals surface area (Å²) >= 11 is 7.60. The number of carbonyl (C=O) groups is 1. The number of hydrazine groups is 1. The molecule has 2 aromatic carbocycles. The number of carbonyl (C=O) groups excluding carboxylic acids is 1. The predicted octanol–water partition coefficient (Wildman–Crippen LogP) is 3.78. The van der Waals surface area contributed by atoms with Crippen LogP contribution in [0.3, 0.4) is 0 Å². The number of nitrogens with zero attached hydrogens (tertiary/aromatic N) is 2. The molecule has 2 heterocycles. The zero-order chi connectivity index (χ0) is 15.8. The number of fused-ring (bicyclic) bond motifs is 2. The van der Waals surface area contributed by atoms with Crippen molar-refractivity contribution in [2.75, 3.05) is 0 Å². The summed E-state index contributed by atoms with van der Waals surface area (Å²) in [6, 6.07) is 15.5. The van der Waals surface area contributed by atoms with E-state index in [9.17, 15) is 4.79 Å². The molecule has 1 N–H and O–H groups in total. The Labute approximate surface area is 143 Å². The second-order valence-corrected chi connectivity index (χ2v) is 7.17. The van der Waals surface area contributed by atoms with E-state index in [2.05, 4.69) is 10.4 Å². The maximum absolute atomic E-state index is 12.4. The number of nitrogens with one attached hydrogen (secondary N) is 1. The topological polar surface area (TPSA) is 44.7 Å². The van der Waals surface area contributed by atoms with Gasteiger partial charge < -0.3 is 0 Å². The van der Waals surface area contributed by atoms with Crippen molar-refractivity contribution >= 4 is 40.8 Å². The highest BCUT2D eigenvalue weighted by Crippen LogP contribution is 2.39. The van der Waals surface area contributed by atoms with E-state index in [1.54, 1.807) is 16.8 Å². The molecule has 23 heavy (non-hydrogen) atoms. The molecule has 6 heteroatoms. The Hall–Kier alpha value is -1.98. The summed E-state index contributed by atoms with van der Waals surface area (Å²) < 4.78 is 0. The average molecular weight is 344 g/mol. The van der Waals surface area contributed by atoms with E-state index in [0.29, 0.717) is 18.0 Å². The van der Waals surface area contributed by atoms with E-state index in [1.807, 2.05) is 48.5 Å². The van der Waals surface area contributed by atoms with Crippen LogP contribution in [0.1, 0.15) is 12.0 Å². The number of hydrogen-bond donors (Lipinski definition) is 1. The SMILES string of the molecule is O=C1C[C@@H]2Sc3ccccc3N=C2NN1Cc1ccc(Cl)cc1. The van der Waals surface area contributed by atoms with Gasteiger partial charge in [-0.15, -0.1) is 11.8 Å². The van der Waals surface area contributed by atoms with Gasteiger partial charge in [-0.05, 0) is 29.8 Å². The van der Waals surface area contributed by atoms with Gasteiger partial charge >= 0.3 is 0 Å². The fourth-order valence-electron chi connectivity index (χ4n) is 2.66. The number of para-hydroxylation sites is 1. The van der Waals surface area contributed by atoms with Crippen LogP contribution >= 0.6 is 23.4 Å². The van der Waals surface area contributed by atoms with Crippen molar-refractivity contribution in [3.05, 3.63) is 59.1 Å². The molecule has 4 rings (SSSR count). The van der Waals surface area contributed by atoms with Crippen LogP contribution in [0.4, 0.5) is 5.69 Å². The average Bonchev–Trinajstić information content (AvgIpc) is 2.56. The van der Waals surface area contributed by atoms with Crippen molar-refractivity contribution in [1.29, 1.82) is 0 Å². The molecule has 1 fully saturated rings. The Bertz CT molecular complexity index is 791. The monoisotopic (exact) mass is 343 g/mol. The molecule has 116 valence electrons. The molecule has 4 nitrogen and oxygen atoms in total. The number of amidine groups is 1. The Balaban J connectivity index is 1.57. The van der Waals surface area contributed by atoms with Crippen LogP contribution < -0.4 is 5.43 Å². The Morgan fingerprint density at radius 2 is 2.00 bits per heavy atom. The smallest absolute Gasteiger partial charge is 0.242 e. The summed E-state index contributed by atoms with van der Waals surface area (Å²) in [5.41, 5.74) is 5.17. The summed E-state index contributed by atoms with van der Waals surface area (Å²) in [7, 11) is 0. The summed E-state index contributed by atoms with van der Waals surface area (Å²) in [6.07, 6.45) is 0.457. The highest BCUT2D eigenvalue weighted by molar-refractivity contribution is 8.01. The van der Waals surface area contributed by atoms with Crippen LogP contribution in [0.15, 0.2) is 58.4 Å². The van der Waals surface area contributed by atoms with Gasteiger partial charge in [-0.1, -0.05) is 35.9 Å². The van der Waals surface area contributed by atoms with Crippen molar-refractivity contribution in [3.8, 4) is 0 Å². The molecule has 0 bridgehead atoms. The number of benzene rings is 2. The molecule has 0 aliphatic carbocycles. The molecular weight excluding hydrogens is 330 g/mol. The molecular formula is C17H14ClN3OS. The lowest BCUT2D eigenvalue weighted by molar-refractivity contribution is -0.134. The van der Waals surface area contributed by atoms with Gasteiger partial charge in [-0.25, -0.2) is 4.99 Å². The molecule has 0 spiro atoms. The Kier molecular flexibility index (Phi) is 3.75. The van der Waals surface area contributed by atoms with Gasteiger partial charge in [0.25, 0.3) is 0 Å². The highest BCUT2D eigenvalue weighted by Gasteiger charge is 2.34. The summed E-state index contributed by atoms with van der Waals surface area (Å²) in [6.45, 7) is 0.494. The van der Waals surface area contributed by atoms with Gasteiger partial charge in [0.1, 0.15) is 5.84 Å². The first kappa shape index (κ1) is 14.6. The van der Waals surface area contributed by atoms with Gasteiger partial charge in [0.15, 0.2) is 0 Å². The number of rotatable bonds is 2. The molecule has 0 saturated carbocycles. The lowest BCUT2D eigenvalue weighted by atomic mass is 10.1. The van der Waals surface area contributed by atoms with E-state index in [-0.39, 0.29) is 11.2 Å². The molecule has 0 radical (unpaired) electrons. The third kappa shape index (κ3) is 2.94. The van der Waals surface area contributed by atoms with E-state index in [0.717, 1.165) is 22.0 Å². The third-order valence-electron chi connectivity index (χ3n) is 3.84. The van der Waals surface area contributed by atoms with E-state index in [1.165, 1.54) is 0 Å². The van der Waals surface area contributed by atoms with Gasteiger partial charge in [-0.2, -0.15) is 0 Å². The lowest BCUT2D eigenvalue weighted by Gasteiger charge is -2.36. The standard InChI is InChI=1S/C17H14ClN3OS/c18-12-7-5-11(6-8-12)10-21-16(22)9-15-17(20-21)19-13-3-1-2-4-14(13)23-15/h1-8,15H,9-10H2,(H,19,20)/t15-/m0/s1. The molecule has 0 unspecified atom stereocenters. The third-order valence-corrected chi connectivity index (χ3v) is 5.37. The van der Waals surface area contributed by atoms with Gasteiger partial charge in [0.2, 0.25) is 5.91 Å². The normalized spacial score (nSPS) is 19.5. The molecule has 2 aromatic rings. The number of halogens is 1. The molecule has 1 saturated heterocycles. The fraction of sp³-hybridized carbons (Fsp3) is 0.176. The maximum Gasteiger partial charge on any atom is 0.242 e. The minimum Gasteiger partial charge on any atom is -0.282 e. The molecule has 1 atom stereocenters. The summed E-state index contributed by atoms with van der Waals surface area (Å²) in [5.74, 6) is 0.929. The van der Waals surface area contributed by atoms with E-state index < -0.39 is 0 Å². The van der Waals surface area contributed by atoms with Crippen LogP contribution in [-0.4, -0.2) is 22.0 Å². The quantitative estimate of drug-likeness (QED) is 0.902. The second kappa shape index (κ2) is 5.91. The predicted molar refractivity (Wildman–Crippen MR) is 92.9 cm³/mol. The Morgan fingerprint density at radius 3 is 2.83 bits per heavy atom. The van der Waals surface area contributed by atoms with Crippen molar-refractivity contribution in [2.45, 2.75) is 23.1 Å². The second-order valence-electron chi connectivity index (χ2n) is 5.49. The number of aliphatic imine (C=N–C) groups is 1. The molecule has 1 amide bonds. The van der Waals surface area contributed by atoms with Crippen LogP contribution in [0.2, 0.25) is 5.02 Å². The first-order chi connectivity index (χ1) is 11.2. The Morgan fingerprint density at radius 1 is 1.22 bits per heavy atom. The van der Waals surface area contributed by atoms with Crippen molar-refractivity contribution < 1.29 is 4.79 Å². The molecule has 2 aliphatic rings.